The molecule has 0 fully saturated rings. The van der Waals surface area contributed by atoms with Crippen molar-refractivity contribution >= 4 is 11.8 Å². The van der Waals surface area contributed by atoms with Gasteiger partial charge in [-0.15, -0.1) is 0 Å². The maximum atomic E-state index is 9.84. The molecule has 0 bridgehead atoms. The Morgan fingerprint density at radius 2 is 2.50 bits per heavy atom. The second-order valence-electron chi connectivity index (χ2n) is 1.35. The molecule has 0 spiro atoms. The minimum atomic E-state index is 0.250. The molecule has 0 radical (unpaired) electrons. The first-order chi connectivity index (χ1) is 3.84. The summed E-state index contributed by atoms with van der Waals surface area (Å²) in [5, 5.41) is 0. The van der Waals surface area contributed by atoms with Gasteiger partial charge in [-0.2, -0.15) is 0 Å². The monoisotopic (exact) mass is 108 g/mol. The average molecular weight is 108 g/mol. The van der Waals surface area contributed by atoms with Crippen LogP contribution < -0.4 is 5.73 Å². The predicted molar refractivity (Wildman–Crippen MR) is 30.0 cm³/mol. The van der Waals surface area contributed by atoms with Crippen molar-refractivity contribution in [3.05, 3.63) is 17.8 Å². The van der Waals surface area contributed by atoms with Crippen molar-refractivity contribution in [2.45, 2.75) is 0 Å². The lowest BCUT2D eigenvalue weighted by molar-refractivity contribution is 0.568. The standard InChI is InChI=1S/C5H4N2O/c6-5-4(3-8)1-2-7-5/h1-2H,(H2,6,7). The second kappa shape index (κ2) is 1.64. The molecule has 0 aliphatic carbocycles. The van der Waals surface area contributed by atoms with Crippen LogP contribution in [0.25, 0.3) is 0 Å². The summed E-state index contributed by atoms with van der Waals surface area (Å²) < 4.78 is 0. The second-order valence-corrected chi connectivity index (χ2v) is 1.35. The third-order valence-electron chi connectivity index (χ3n) is 0.841. The summed E-state index contributed by atoms with van der Waals surface area (Å²) in [6, 6.07) is 0. The topological polar surface area (TPSA) is 55.4 Å². The van der Waals surface area contributed by atoms with Gasteiger partial charge in [-0.05, 0) is 6.08 Å². The van der Waals surface area contributed by atoms with Gasteiger partial charge in [0.05, 0.1) is 0 Å². The molecule has 0 saturated carbocycles. The van der Waals surface area contributed by atoms with Crippen molar-refractivity contribution in [3.8, 4) is 0 Å². The van der Waals surface area contributed by atoms with Gasteiger partial charge in [0.2, 0.25) is 0 Å². The van der Waals surface area contributed by atoms with Crippen LogP contribution in [-0.2, 0) is 4.79 Å². The largest absolute Gasteiger partial charge is 0.383 e. The summed E-state index contributed by atoms with van der Waals surface area (Å²) in [7, 11) is 0. The normalized spacial score (nSPS) is 16.0. The first kappa shape index (κ1) is 4.81. The SMILES string of the molecule is NC1=NC=CC1=C=O. The summed E-state index contributed by atoms with van der Waals surface area (Å²) >= 11 is 0. The number of nitrogens with zero attached hydrogens (tertiary/aromatic N) is 1. The van der Waals surface area contributed by atoms with Gasteiger partial charge in [0, 0.05) is 6.20 Å². The van der Waals surface area contributed by atoms with E-state index in [9.17, 15) is 4.79 Å². The molecule has 0 atom stereocenters. The third-order valence-corrected chi connectivity index (χ3v) is 0.841. The highest BCUT2D eigenvalue weighted by molar-refractivity contribution is 6.08. The molecule has 0 aromatic carbocycles. The Balaban J connectivity index is 3.05. The van der Waals surface area contributed by atoms with Crippen molar-refractivity contribution in [1.29, 1.82) is 0 Å². The van der Waals surface area contributed by atoms with E-state index in [2.05, 4.69) is 4.99 Å². The summed E-state index contributed by atoms with van der Waals surface area (Å²) in [6.45, 7) is 0. The van der Waals surface area contributed by atoms with Crippen molar-refractivity contribution in [1.82, 2.24) is 0 Å². The van der Waals surface area contributed by atoms with Crippen LogP contribution in [0.5, 0.6) is 0 Å². The number of amidine groups is 1. The minimum absolute atomic E-state index is 0.250. The van der Waals surface area contributed by atoms with E-state index in [1.54, 1.807) is 5.94 Å². The van der Waals surface area contributed by atoms with Crippen LogP contribution >= 0.6 is 0 Å². The molecular weight excluding hydrogens is 104 g/mol. The lowest BCUT2D eigenvalue weighted by atomic mass is 10.3. The van der Waals surface area contributed by atoms with Gasteiger partial charge in [-0.1, -0.05) is 0 Å². The van der Waals surface area contributed by atoms with Gasteiger partial charge >= 0.3 is 0 Å². The molecule has 8 heavy (non-hydrogen) atoms. The number of rotatable bonds is 0. The zero-order valence-electron chi connectivity index (χ0n) is 4.09. The number of aliphatic imine (C=N–C) groups is 1. The number of hydrogen-bond acceptors (Lipinski definition) is 3. The molecule has 0 aromatic heterocycles. The molecule has 3 heteroatoms. The molecule has 40 valence electrons. The zero-order chi connectivity index (χ0) is 5.98. The van der Waals surface area contributed by atoms with Gasteiger partial charge in [0.15, 0.2) is 0 Å². The molecule has 0 aromatic rings. The van der Waals surface area contributed by atoms with Crippen molar-refractivity contribution in [3.63, 3.8) is 0 Å². The molecule has 2 N–H and O–H groups in total. The van der Waals surface area contributed by atoms with E-state index in [-0.39, 0.29) is 5.84 Å². The average Bonchev–Trinajstić information content (AvgIpc) is 2.14. The van der Waals surface area contributed by atoms with Crippen molar-refractivity contribution in [2.24, 2.45) is 10.7 Å². The highest BCUT2D eigenvalue weighted by Gasteiger charge is 2.01. The van der Waals surface area contributed by atoms with E-state index >= 15 is 0 Å². The van der Waals surface area contributed by atoms with E-state index < -0.39 is 0 Å². The predicted octanol–water partition coefficient (Wildman–Crippen LogP) is -0.371. The Hall–Kier alpha value is -1.34. The number of carbonyl (C=O) groups excluding carboxylic acids is 1. The Bertz CT molecular complexity index is 208. The molecule has 0 saturated heterocycles. The van der Waals surface area contributed by atoms with Crippen molar-refractivity contribution in [2.75, 3.05) is 0 Å². The van der Waals surface area contributed by atoms with E-state index in [1.807, 2.05) is 0 Å². The zero-order valence-corrected chi connectivity index (χ0v) is 4.09. The summed E-state index contributed by atoms with van der Waals surface area (Å²) in [6.07, 6.45) is 2.98. The van der Waals surface area contributed by atoms with E-state index in [4.69, 9.17) is 5.73 Å². The summed E-state index contributed by atoms with van der Waals surface area (Å²) in [4.78, 5) is 13.4. The quantitative estimate of drug-likeness (QED) is 0.430. The van der Waals surface area contributed by atoms with Crippen LogP contribution in [0.1, 0.15) is 0 Å². The van der Waals surface area contributed by atoms with Gasteiger partial charge in [0.1, 0.15) is 17.4 Å². The molecule has 1 heterocycles. The fourth-order valence-corrected chi connectivity index (χ4v) is 0.433. The number of hydrogen-bond donors (Lipinski definition) is 1. The Kier molecular flexibility index (Phi) is 0.985. The van der Waals surface area contributed by atoms with Crippen molar-refractivity contribution < 1.29 is 4.79 Å². The molecule has 1 aliphatic rings. The molecule has 1 aliphatic heterocycles. The van der Waals surface area contributed by atoms with Gasteiger partial charge in [0.25, 0.3) is 0 Å². The van der Waals surface area contributed by atoms with E-state index in [0.29, 0.717) is 5.57 Å². The molecule has 3 nitrogen and oxygen atoms in total. The first-order valence-electron chi connectivity index (χ1n) is 2.10. The van der Waals surface area contributed by atoms with Gasteiger partial charge < -0.3 is 5.73 Å². The van der Waals surface area contributed by atoms with Gasteiger partial charge in [-0.3, -0.25) is 0 Å². The Morgan fingerprint density at radius 1 is 1.75 bits per heavy atom. The van der Waals surface area contributed by atoms with Gasteiger partial charge in [-0.25, -0.2) is 9.79 Å². The smallest absolute Gasteiger partial charge is 0.141 e. The number of nitrogens with two attached hydrogens (primary N) is 1. The van der Waals surface area contributed by atoms with E-state index in [0.717, 1.165) is 0 Å². The summed E-state index contributed by atoms with van der Waals surface area (Å²) in [5.74, 6) is 1.89. The van der Waals surface area contributed by atoms with Crippen LogP contribution in [0.4, 0.5) is 0 Å². The van der Waals surface area contributed by atoms with Crippen LogP contribution in [0.3, 0.4) is 0 Å². The molecule has 1 rings (SSSR count). The fourth-order valence-electron chi connectivity index (χ4n) is 0.433. The van der Waals surface area contributed by atoms with E-state index in [1.165, 1.54) is 12.3 Å². The van der Waals surface area contributed by atoms with Crippen LogP contribution in [-0.4, -0.2) is 11.8 Å². The summed E-state index contributed by atoms with van der Waals surface area (Å²) in [5.41, 5.74) is 5.52. The maximum absolute atomic E-state index is 9.84. The third kappa shape index (κ3) is 0.549. The lowest BCUT2D eigenvalue weighted by Crippen LogP contribution is -2.10. The Morgan fingerprint density at radius 3 is 2.75 bits per heavy atom. The highest BCUT2D eigenvalue weighted by Crippen LogP contribution is 1.99. The van der Waals surface area contributed by atoms with Crippen LogP contribution in [0.15, 0.2) is 22.8 Å². The minimum Gasteiger partial charge on any atom is -0.383 e. The molecular formula is C5H4N2O. The molecule has 0 amide bonds. The fraction of sp³-hybridized carbons (Fsp3) is 0. The highest BCUT2D eigenvalue weighted by atomic mass is 16.1. The first-order valence-corrected chi connectivity index (χ1v) is 2.10. The lowest BCUT2D eigenvalue weighted by Gasteiger charge is -1.82. The maximum Gasteiger partial charge on any atom is 0.141 e. The molecule has 0 unspecified atom stereocenters. The Labute approximate surface area is 46.2 Å². The van der Waals surface area contributed by atoms with Crippen LogP contribution in [0, 0.1) is 0 Å². The van der Waals surface area contributed by atoms with Crippen LogP contribution in [0.2, 0.25) is 0 Å².